The molecule has 2 aromatic rings. The third-order valence-corrected chi connectivity index (χ3v) is 5.18. The molecule has 1 saturated heterocycles. The number of hydrogen-bond donors (Lipinski definition) is 1. The third-order valence-electron chi connectivity index (χ3n) is 4.24. The molecular weight excluding hydrogens is 310 g/mol. The van der Waals surface area contributed by atoms with Gasteiger partial charge in [0.1, 0.15) is 0 Å². The molecule has 1 N–H and O–H groups in total. The van der Waals surface area contributed by atoms with Crippen molar-refractivity contribution in [3.8, 4) is 0 Å². The lowest BCUT2D eigenvalue weighted by atomic mass is 10.1. The molecule has 0 aliphatic carbocycles. The number of aromatic nitrogens is 1. The van der Waals surface area contributed by atoms with Crippen LogP contribution < -0.4 is 5.32 Å². The van der Waals surface area contributed by atoms with Gasteiger partial charge in [-0.15, -0.1) is 0 Å². The van der Waals surface area contributed by atoms with E-state index in [2.05, 4.69) is 29.4 Å². The zero-order chi connectivity index (χ0) is 16.6. The number of carbonyl (C=O) groups excluding carboxylic acids is 2. The monoisotopic (exact) mass is 331 g/mol. The molecule has 1 aromatic heterocycles. The number of nitrogens with one attached hydrogen (secondary N) is 1. The molecule has 3 rings (SSSR count). The van der Waals surface area contributed by atoms with Gasteiger partial charge in [0.25, 0.3) is 0 Å². The van der Waals surface area contributed by atoms with E-state index in [-0.39, 0.29) is 30.2 Å². The van der Waals surface area contributed by atoms with Gasteiger partial charge < -0.3 is 10.2 Å². The molecule has 1 aliphatic rings. The van der Waals surface area contributed by atoms with Gasteiger partial charge in [0.05, 0.1) is 16.1 Å². The maximum atomic E-state index is 12.4. The largest absolute Gasteiger partial charge is 0.339 e. The summed E-state index contributed by atoms with van der Waals surface area (Å²) in [5.41, 5.74) is 2.15. The van der Waals surface area contributed by atoms with Crippen molar-refractivity contribution < 1.29 is 9.59 Å². The van der Waals surface area contributed by atoms with Crippen LogP contribution in [0.5, 0.6) is 0 Å². The molecule has 0 bridgehead atoms. The number of fused-ring (bicyclic) bond motifs is 1. The summed E-state index contributed by atoms with van der Waals surface area (Å²) < 4.78 is 1.07. The first-order valence-corrected chi connectivity index (χ1v) is 8.79. The maximum absolute atomic E-state index is 12.4. The van der Waals surface area contributed by atoms with Gasteiger partial charge in [0, 0.05) is 19.0 Å². The molecule has 2 amide bonds. The Balaban J connectivity index is 1.72. The Labute approximate surface area is 139 Å². The highest BCUT2D eigenvalue weighted by molar-refractivity contribution is 7.22. The van der Waals surface area contributed by atoms with Crippen LogP contribution in [0.2, 0.25) is 0 Å². The zero-order valence-corrected chi connectivity index (χ0v) is 14.4. The molecule has 0 saturated carbocycles. The van der Waals surface area contributed by atoms with Gasteiger partial charge in [-0.1, -0.05) is 24.3 Å². The molecule has 1 aliphatic heterocycles. The highest BCUT2D eigenvalue weighted by atomic mass is 32.1. The summed E-state index contributed by atoms with van der Waals surface area (Å²) in [4.78, 5) is 30.6. The standard InChI is InChI=1S/C17H21N3O2S/c1-4-11-5-6-13-14(7-11)23-17(18-13)19-16(22)12-8-15(21)20(9-12)10(2)3/h5-7,10,12H,4,8-9H2,1-3H3,(H,18,19,22). The predicted molar refractivity (Wildman–Crippen MR) is 92.6 cm³/mol. The molecule has 23 heavy (non-hydrogen) atoms. The van der Waals surface area contributed by atoms with Crippen molar-refractivity contribution in [2.75, 3.05) is 11.9 Å². The number of nitrogens with zero attached hydrogens (tertiary/aromatic N) is 2. The van der Waals surface area contributed by atoms with E-state index in [4.69, 9.17) is 0 Å². The van der Waals surface area contributed by atoms with E-state index >= 15 is 0 Å². The fourth-order valence-electron chi connectivity index (χ4n) is 2.86. The van der Waals surface area contributed by atoms with Crippen LogP contribution in [0.3, 0.4) is 0 Å². The second kappa shape index (κ2) is 6.28. The first-order chi connectivity index (χ1) is 11.0. The van der Waals surface area contributed by atoms with E-state index in [0.29, 0.717) is 11.7 Å². The number of hydrogen-bond acceptors (Lipinski definition) is 4. The highest BCUT2D eigenvalue weighted by Crippen LogP contribution is 2.28. The van der Waals surface area contributed by atoms with Crippen LogP contribution >= 0.6 is 11.3 Å². The summed E-state index contributed by atoms with van der Waals surface area (Å²) in [6.45, 7) is 6.55. The van der Waals surface area contributed by atoms with Crippen molar-refractivity contribution in [1.29, 1.82) is 0 Å². The summed E-state index contributed by atoms with van der Waals surface area (Å²) in [5, 5.41) is 3.49. The molecule has 6 heteroatoms. The van der Waals surface area contributed by atoms with Crippen LogP contribution in [0.15, 0.2) is 18.2 Å². The minimum Gasteiger partial charge on any atom is -0.339 e. The molecule has 1 aromatic carbocycles. The first-order valence-electron chi connectivity index (χ1n) is 7.97. The van der Waals surface area contributed by atoms with Crippen LogP contribution in [-0.2, 0) is 16.0 Å². The smallest absolute Gasteiger partial charge is 0.231 e. The number of likely N-dealkylation sites (tertiary alicyclic amines) is 1. The molecule has 2 heterocycles. The van der Waals surface area contributed by atoms with Gasteiger partial charge in [-0.25, -0.2) is 4.98 Å². The lowest BCUT2D eigenvalue weighted by Crippen LogP contribution is -2.33. The minimum absolute atomic E-state index is 0.0528. The average Bonchev–Trinajstić information content (AvgIpc) is 3.09. The highest BCUT2D eigenvalue weighted by Gasteiger charge is 2.35. The molecule has 1 fully saturated rings. The summed E-state index contributed by atoms with van der Waals surface area (Å²) in [6, 6.07) is 6.29. The quantitative estimate of drug-likeness (QED) is 0.936. The first kappa shape index (κ1) is 15.9. The van der Waals surface area contributed by atoms with E-state index in [1.165, 1.54) is 16.9 Å². The second-order valence-electron chi connectivity index (χ2n) is 6.20. The number of benzene rings is 1. The van der Waals surface area contributed by atoms with Crippen LogP contribution in [0.4, 0.5) is 5.13 Å². The average molecular weight is 331 g/mol. The predicted octanol–water partition coefficient (Wildman–Crippen LogP) is 3.05. The number of thiazole rings is 1. The molecule has 5 nitrogen and oxygen atoms in total. The summed E-state index contributed by atoms with van der Waals surface area (Å²) in [6.07, 6.45) is 1.26. The normalized spacial score (nSPS) is 18.2. The number of anilines is 1. The maximum Gasteiger partial charge on any atom is 0.231 e. The Hall–Kier alpha value is -1.95. The van der Waals surface area contributed by atoms with Gasteiger partial charge in [-0.05, 0) is 38.0 Å². The summed E-state index contributed by atoms with van der Waals surface area (Å²) >= 11 is 1.48. The van der Waals surface area contributed by atoms with Crippen molar-refractivity contribution in [2.45, 2.75) is 39.7 Å². The van der Waals surface area contributed by atoms with Crippen LogP contribution in [-0.4, -0.2) is 34.3 Å². The van der Waals surface area contributed by atoms with Crippen molar-refractivity contribution in [3.63, 3.8) is 0 Å². The molecule has 1 unspecified atom stereocenters. The molecule has 122 valence electrons. The van der Waals surface area contributed by atoms with Gasteiger partial charge >= 0.3 is 0 Å². The molecule has 0 radical (unpaired) electrons. The van der Waals surface area contributed by atoms with Gasteiger partial charge in [0.15, 0.2) is 5.13 Å². The van der Waals surface area contributed by atoms with Crippen molar-refractivity contribution >= 4 is 38.5 Å². The van der Waals surface area contributed by atoms with Gasteiger partial charge in [0.2, 0.25) is 11.8 Å². The zero-order valence-electron chi connectivity index (χ0n) is 13.6. The lowest BCUT2D eigenvalue weighted by molar-refractivity contribution is -0.129. The number of carbonyl (C=O) groups is 2. The van der Waals surface area contributed by atoms with E-state index in [1.807, 2.05) is 19.9 Å². The molecule has 0 spiro atoms. The van der Waals surface area contributed by atoms with Gasteiger partial charge in [-0.3, -0.25) is 9.59 Å². The van der Waals surface area contributed by atoms with E-state index in [0.717, 1.165) is 16.6 Å². The lowest BCUT2D eigenvalue weighted by Gasteiger charge is -2.20. The Morgan fingerprint density at radius 1 is 1.48 bits per heavy atom. The number of amides is 2. The molecule has 1 atom stereocenters. The Bertz CT molecular complexity index is 753. The molecular formula is C17H21N3O2S. The van der Waals surface area contributed by atoms with E-state index in [1.54, 1.807) is 4.90 Å². The van der Waals surface area contributed by atoms with Crippen molar-refractivity contribution in [2.24, 2.45) is 5.92 Å². The van der Waals surface area contributed by atoms with Crippen LogP contribution in [0, 0.1) is 5.92 Å². The summed E-state index contributed by atoms with van der Waals surface area (Å²) in [7, 11) is 0. The number of rotatable bonds is 4. The Morgan fingerprint density at radius 3 is 2.91 bits per heavy atom. The van der Waals surface area contributed by atoms with Gasteiger partial charge in [-0.2, -0.15) is 0 Å². The number of aryl methyl sites for hydroxylation is 1. The topological polar surface area (TPSA) is 62.3 Å². The SMILES string of the molecule is CCc1ccc2nc(NC(=O)C3CC(=O)N(C(C)C)C3)sc2c1. The van der Waals surface area contributed by atoms with E-state index in [9.17, 15) is 9.59 Å². The van der Waals surface area contributed by atoms with Crippen molar-refractivity contribution in [1.82, 2.24) is 9.88 Å². The summed E-state index contributed by atoms with van der Waals surface area (Å²) in [5.74, 6) is -0.351. The second-order valence-corrected chi connectivity index (χ2v) is 7.24. The van der Waals surface area contributed by atoms with Crippen molar-refractivity contribution in [3.05, 3.63) is 23.8 Å². The fraction of sp³-hybridized carbons (Fsp3) is 0.471. The van der Waals surface area contributed by atoms with Crippen LogP contribution in [0.25, 0.3) is 10.2 Å². The minimum atomic E-state index is -0.289. The van der Waals surface area contributed by atoms with E-state index < -0.39 is 0 Å². The fourth-order valence-corrected chi connectivity index (χ4v) is 3.79. The van der Waals surface area contributed by atoms with Crippen LogP contribution in [0.1, 0.15) is 32.8 Å². The third kappa shape index (κ3) is 3.22. The Morgan fingerprint density at radius 2 is 2.26 bits per heavy atom. The Kier molecular flexibility index (Phi) is 4.35.